The molecule has 0 aromatic rings. The molecule has 2 fully saturated rings. The topological polar surface area (TPSA) is 63.1 Å². The first-order chi connectivity index (χ1) is 11.6. The molecule has 1 unspecified atom stereocenters. The Morgan fingerprint density at radius 3 is 2.46 bits per heavy atom. The van der Waals surface area contributed by atoms with Crippen molar-refractivity contribution in [2.75, 3.05) is 52.9 Å². The molecule has 0 aromatic heterocycles. The maximum atomic E-state index is 9.63. The second-order valence-corrected chi connectivity index (χ2v) is 7.58. The van der Waals surface area contributed by atoms with Gasteiger partial charge < -0.3 is 25.5 Å². The first kappa shape index (κ1) is 19.5. The predicted octanol–water partition coefficient (Wildman–Crippen LogP) is 0.729. The summed E-state index contributed by atoms with van der Waals surface area (Å²) in [5, 5.41) is 16.5. The summed E-state index contributed by atoms with van der Waals surface area (Å²) in [4.78, 5) is 9.76. The number of likely N-dealkylation sites (N-methyl/N-ethyl adjacent to an activating group) is 1. The Labute approximate surface area is 147 Å². The van der Waals surface area contributed by atoms with E-state index in [4.69, 9.17) is 4.99 Å². The number of piperazine rings is 1. The molecule has 140 valence electrons. The highest BCUT2D eigenvalue weighted by Gasteiger charge is 2.20. The minimum Gasteiger partial charge on any atom is -0.393 e. The normalized spacial score (nSPS) is 28.6. The molecule has 0 radical (unpaired) electrons. The molecule has 1 aliphatic heterocycles. The number of rotatable bonds is 6. The summed E-state index contributed by atoms with van der Waals surface area (Å²) in [6.07, 6.45) is 3.75. The average molecular weight is 340 g/mol. The summed E-state index contributed by atoms with van der Waals surface area (Å²) in [6.45, 7) is 12.0. The van der Waals surface area contributed by atoms with Gasteiger partial charge in [-0.25, -0.2) is 0 Å². The van der Waals surface area contributed by atoms with Crippen LogP contribution in [0.25, 0.3) is 0 Å². The van der Waals surface area contributed by atoms with Gasteiger partial charge in [0.05, 0.1) is 6.10 Å². The number of hydrogen-bond acceptors (Lipinski definition) is 4. The zero-order valence-electron chi connectivity index (χ0n) is 15.8. The SMILES string of the molecule is CCNC(=NCC(C)CN1CCN(C)CC1)NC1CCC(O)CC1. The van der Waals surface area contributed by atoms with Gasteiger partial charge in [-0.15, -0.1) is 0 Å². The number of nitrogens with zero attached hydrogens (tertiary/aromatic N) is 3. The van der Waals surface area contributed by atoms with Crippen LogP contribution in [0, 0.1) is 5.92 Å². The molecular formula is C18H37N5O. The highest BCUT2D eigenvalue weighted by Crippen LogP contribution is 2.18. The number of guanidine groups is 1. The summed E-state index contributed by atoms with van der Waals surface area (Å²) >= 11 is 0. The summed E-state index contributed by atoms with van der Waals surface area (Å²) in [6, 6.07) is 0.444. The van der Waals surface area contributed by atoms with Crippen molar-refractivity contribution in [3.8, 4) is 0 Å². The van der Waals surface area contributed by atoms with Gasteiger partial charge in [0, 0.05) is 51.9 Å². The highest BCUT2D eigenvalue weighted by molar-refractivity contribution is 5.80. The fraction of sp³-hybridized carbons (Fsp3) is 0.944. The van der Waals surface area contributed by atoms with Crippen molar-refractivity contribution in [2.24, 2.45) is 10.9 Å². The first-order valence-corrected chi connectivity index (χ1v) is 9.70. The Bertz CT molecular complexity index is 374. The zero-order chi connectivity index (χ0) is 17.4. The minimum atomic E-state index is -0.105. The van der Waals surface area contributed by atoms with Crippen molar-refractivity contribution in [1.29, 1.82) is 0 Å². The maximum absolute atomic E-state index is 9.63. The van der Waals surface area contributed by atoms with E-state index in [0.29, 0.717) is 12.0 Å². The Morgan fingerprint density at radius 1 is 1.17 bits per heavy atom. The summed E-state index contributed by atoms with van der Waals surface area (Å²) in [7, 11) is 2.20. The molecule has 3 N–H and O–H groups in total. The Kier molecular flexibility index (Phi) is 8.29. The minimum absolute atomic E-state index is 0.105. The van der Waals surface area contributed by atoms with E-state index in [0.717, 1.165) is 51.3 Å². The van der Waals surface area contributed by atoms with E-state index >= 15 is 0 Å². The van der Waals surface area contributed by atoms with Crippen molar-refractivity contribution in [1.82, 2.24) is 20.4 Å². The summed E-state index contributed by atoms with van der Waals surface area (Å²) in [5.41, 5.74) is 0. The van der Waals surface area contributed by atoms with Gasteiger partial charge in [-0.1, -0.05) is 6.92 Å². The number of aliphatic hydroxyl groups is 1. The number of hydrogen-bond donors (Lipinski definition) is 3. The van der Waals surface area contributed by atoms with Crippen LogP contribution in [-0.4, -0.2) is 85.9 Å². The van der Waals surface area contributed by atoms with Gasteiger partial charge in [-0.3, -0.25) is 4.99 Å². The van der Waals surface area contributed by atoms with Crippen LogP contribution in [0.4, 0.5) is 0 Å². The number of nitrogens with one attached hydrogen (secondary N) is 2. The van der Waals surface area contributed by atoms with E-state index < -0.39 is 0 Å². The monoisotopic (exact) mass is 339 g/mol. The molecular weight excluding hydrogens is 302 g/mol. The summed E-state index contributed by atoms with van der Waals surface area (Å²) in [5.74, 6) is 1.50. The third kappa shape index (κ3) is 6.95. The fourth-order valence-corrected chi connectivity index (χ4v) is 3.51. The van der Waals surface area contributed by atoms with Crippen LogP contribution in [0.1, 0.15) is 39.5 Å². The molecule has 0 spiro atoms. The van der Waals surface area contributed by atoms with Crippen LogP contribution in [0.3, 0.4) is 0 Å². The van der Waals surface area contributed by atoms with Crippen molar-refractivity contribution in [2.45, 2.75) is 51.7 Å². The Morgan fingerprint density at radius 2 is 1.83 bits per heavy atom. The molecule has 1 atom stereocenters. The molecule has 2 aliphatic rings. The van der Waals surface area contributed by atoms with Gasteiger partial charge in [0.25, 0.3) is 0 Å². The fourth-order valence-electron chi connectivity index (χ4n) is 3.51. The second-order valence-electron chi connectivity index (χ2n) is 7.58. The lowest BCUT2D eigenvalue weighted by atomic mass is 9.93. The van der Waals surface area contributed by atoms with E-state index in [1.165, 1.54) is 26.2 Å². The standard InChI is InChI=1S/C18H37N5O/c1-4-19-18(21-16-5-7-17(24)8-6-16)20-13-15(2)14-23-11-9-22(3)10-12-23/h15-17,24H,4-14H2,1-3H3,(H2,19,20,21). The molecule has 1 saturated carbocycles. The van der Waals surface area contributed by atoms with Gasteiger partial charge in [-0.2, -0.15) is 0 Å². The molecule has 0 bridgehead atoms. The van der Waals surface area contributed by atoms with Gasteiger partial charge >= 0.3 is 0 Å². The third-order valence-electron chi connectivity index (χ3n) is 5.11. The molecule has 6 heteroatoms. The zero-order valence-corrected chi connectivity index (χ0v) is 15.8. The lowest BCUT2D eigenvalue weighted by Crippen LogP contribution is -2.47. The van der Waals surface area contributed by atoms with E-state index in [1.54, 1.807) is 0 Å². The average Bonchev–Trinajstić information content (AvgIpc) is 2.57. The molecule has 24 heavy (non-hydrogen) atoms. The van der Waals surface area contributed by atoms with Crippen molar-refractivity contribution in [3.63, 3.8) is 0 Å². The van der Waals surface area contributed by atoms with Crippen molar-refractivity contribution in [3.05, 3.63) is 0 Å². The van der Waals surface area contributed by atoms with Gasteiger partial charge in [-0.05, 0) is 45.6 Å². The molecule has 0 aromatic carbocycles. The van der Waals surface area contributed by atoms with Gasteiger partial charge in [0.15, 0.2) is 5.96 Å². The van der Waals surface area contributed by atoms with Crippen LogP contribution in [0.5, 0.6) is 0 Å². The second kappa shape index (κ2) is 10.2. The van der Waals surface area contributed by atoms with Crippen LogP contribution in [0.2, 0.25) is 0 Å². The smallest absolute Gasteiger partial charge is 0.191 e. The quantitative estimate of drug-likeness (QED) is 0.492. The first-order valence-electron chi connectivity index (χ1n) is 9.70. The molecule has 2 rings (SSSR count). The largest absolute Gasteiger partial charge is 0.393 e. The highest BCUT2D eigenvalue weighted by atomic mass is 16.3. The van der Waals surface area contributed by atoms with Crippen LogP contribution in [-0.2, 0) is 0 Å². The Balaban J connectivity index is 1.74. The van der Waals surface area contributed by atoms with E-state index in [9.17, 15) is 5.11 Å². The van der Waals surface area contributed by atoms with Gasteiger partial charge in [0.1, 0.15) is 0 Å². The Hall–Kier alpha value is -0.850. The van der Waals surface area contributed by atoms with Crippen LogP contribution in [0.15, 0.2) is 4.99 Å². The lowest BCUT2D eigenvalue weighted by molar-refractivity contribution is 0.120. The van der Waals surface area contributed by atoms with Crippen LogP contribution >= 0.6 is 0 Å². The third-order valence-corrected chi connectivity index (χ3v) is 5.11. The van der Waals surface area contributed by atoms with Gasteiger partial charge in [0.2, 0.25) is 0 Å². The molecule has 1 heterocycles. The lowest BCUT2D eigenvalue weighted by Gasteiger charge is -2.33. The van der Waals surface area contributed by atoms with Crippen molar-refractivity contribution < 1.29 is 5.11 Å². The maximum Gasteiger partial charge on any atom is 0.191 e. The summed E-state index contributed by atoms with van der Waals surface area (Å²) < 4.78 is 0. The van der Waals surface area contributed by atoms with Crippen molar-refractivity contribution >= 4 is 5.96 Å². The molecule has 0 amide bonds. The van der Waals surface area contributed by atoms with E-state index in [2.05, 4.69) is 41.3 Å². The molecule has 6 nitrogen and oxygen atoms in total. The van der Waals surface area contributed by atoms with Crippen LogP contribution < -0.4 is 10.6 Å². The van der Waals surface area contributed by atoms with E-state index in [-0.39, 0.29) is 6.10 Å². The predicted molar refractivity (Wildman–Crippen MR) is 100 cm³/mol. The van der Waals surface area contributed by atoms with E-state index in [1.807, 2.05) is 0 Å². The molecule has 1 saturated heterocycles. The number of aliphatic imine (C=N–C) groups is 1. The molecule has 1 aliphatic carbocycles. The number of aliphatic hydroxyl groups excluding tert-OH is 1.